The summed E-state index contributed by atoms with van der Waals surface area (Å²) < 4.78 is 26.1. The number of nitrogens with two attached hydrogens (primary N) is 1. The summed E-state index contributed by atoms with van der Waals surface area (Å²) in [6.45, 7) is 2.10. The molecule has 1 unspecified atom stereocenters. The Morgan fingerprint density at radius 3 is 2.47 bits per heavy atom. The zero-order chi connectivity index (χ0) is 22.1. The van der Waals surface area contributed by atoms with Crippen molar-refractivity contribution in [3.63, 3.8) is 0 Å². The molecule has 0 saturated heterocycles. The summed E-state index contributed by atoms with van der Waals surface area (Å²) in [5, 5.41) is 2.74. The molecule has 1 atom stereocenters. The van der Waals surface area contributed by atoms with Gasteiger partial charge in [-0.2, -0.15) is 0 Å². The molecule has 0 radical (unpaired) electrons. The lowest BCUT2D eigenvalue weighted by Gasteiger charge is -2.34. The van der Waals surface area contributed by atoms with Crippen LogP contribution < -0.4 is 11.1 Å². The second-order valence-corrected chi connectivity index (χ2v) is 9.73. The van der Waals surface area contributed by atoms with Crippen molar-refractivity contribution in [2.45, 2.75) is 30.8 Å². The minimum absolute atomic E-state index is 0.0361. The van der Waals surface area contributed by atoms with Gasteiger partial charge in [0, 0.05) is 26.3 Å². The Morgan fingerprint density at radius 1 is 1.17 bits per heavy atom. The summed E-state index contributed by atoms with van der Waals surface area (Å²) in [5.41, 5.74) is 8.64. The van der Waals surface area contributed by atoms with Gasteiger partial charge >= 0.3 is 0 Å². The molecule has 30 heavy (non-hydrogen) atoms. The third kappa shape index (κ3) is 4.53. The average molecular weight is 431 g/mol. The van der Waals surface area contributed by atoms with Crippen molar-refractivity contribution in [3.05, 3.63) is 59.2 Å². The second-order valence-electron chi connectivity index (χ2n) is 7.61. The highest BCUT2D eigenvalue weighted by Crippen LogP contribution is 2.24. The zero-order valence-corrected chi connectivity index (χ0v) is 18.1. The fourth-order valence-electron chi connectivity index (χ4n) is 3.56. The van der Waals surface area contributed by atoms with Crippen LogP contribution in [0.3, 0.4) is 0 Å². The van der Waals surface area contributed by atoms with Gasteiger partial charge in [0.05, 0.1) is 17.5 Å². The van der Waals surface area contributed by atoms with Crippen LogP contribution in [0.15, 0.2) is 47.4 Å². The van der Waals surface area contributed by atoms with E-state index in [1.807, 2.05) is 24.3 Å². The topological polar surface area (TPSA) is 113 Å². The average Bonchev–Trinajstić information content (AvgIpc) is 2.68. The maximum absolute atomic E-state index is 12.7. The van der Waals surface area contributed by atoms with Crippen molar-refractivity contribution in [2.24, 2.45) is 5.73 Å². The molecule has 0 bridgehead atoms. The quantitative estimate of drug-likeness (QED) is 0.713. The summed E-state index contributed by atoms with van der Waals surface area (Å²) in [6.07, 6.45) is 0.453. The van der Waals surface area contributed by atoms with E-state index in [2.05, 4.69) is 5.32 Å². The fraction of sp³-hybridized carbons (Fsp3) is 0.333. The largest absolute Gasteiger partial charge is 0.368 e. The van der Waals surface area contributed by atoms with Crippen molar-refractivity contribution >= 4 is 27.5 Å². The van der Waals surface area contributed by atoms with E-state index in [0.29, 0.717) is 24.2 Å². The number of hydrogen-bond acceptors (Lipinski definition) is 5. The van der Waals surface area contributed by atoms with E-state index in [9.17, 15) is 18.0 Å². The molecule has 0 aliphatic carbocycles. The number of carbonyl (C=O) groups excluding carboxylic acids is 2. The number of benzene rings is 2. The first-order valence-corrected chi connectivity index (χ1v) is 11.0. The third-order valence-corrected chi connectivity index (χ3v) is 7.21. The van der Waals surface area contributed by atoms with Gasteiger partial charge in [-0.25, -0.2) is 12.7 Å². The van der Waals surface area contributed by atoms with E-state index >= 15 is 0 Å². The number of nitrogens with zero attached hydrogens (tertiary/aromatic N) is 2. The number of sulfonamides is 1. The highest BCUT2D eigenvalue weighted by Gasteiger charge is 2.31. The first kappa shape index (κ1) is 21.9. The molecule has 1 aliphatic rings. The molecule has 8 nitrogen and oxygen atoms in total. The van der Waals surface area contributed by atoms with Crippen LogP contribution in [-0.4, -0.2) is 56.1 Å². The SMILES string of the molecule is Cc1ccc(NC(=O)CN2Cc3ccccc3CC2C(N)=O)cc1S(=O)(=O)N(C)C. The molecular formula is C21H26N4O4S. The summed E-state index contributed by atoms with van der Waals surface area (Å²) in [4.78, 5) is 26.5. The lowest BCUT2D eigenvalue weighted by Crippen LogP contribution is -2.50. The normalized spacial score (nSPS) is 16.9. The van der Waals surface area contributed by atoms with Gasteiger partial charge in [0.1, 0.15) is 0 Å². The van der Waals surface area contributed by atoms with Crippen molar-refractivity contribution in [1.29, 1.82) is 0 Å². The number of anilines is 1. The summed E-state index contributed by atoms with van der Waals surface area (Å²) >= 11 is 0. The second kappa shape index (κ2) is 8.55. The molecule has 3 N–H and O–H groups in total. The molecule has 2 aromatic carbocycles. The van der Waals surface area contributed by atoms with Crippen LogP contribution >= 0.6 is 0 Å². The van der Waals surface area contributed by atoms with Crippen LogP contribution in [0.2, 0.25) is 0 Å². The summed E-state index contributed by atoms with van der Waals surface area (Å²) in [6, 6.07) is 11.9. The van der Waals surface area contributed by atoms with E-state index < -0.39 is 22.0 Å². The van der Waals surface area contributed by atoms with E-state index in [0.717, 1.165) is 15.4 Å². The van der Waals surface area contributed by atoms with Crippen molar-refractivity contribution in [1.82, 2.24) is 9.21 Å². The Bertz CT molecular complexity index is 1080. The molecule has 0 aromatic heterocycles. The van der Waals surface area contributed by atoms with Crippen molar-refractivity contribution < 1.29 is 18.0 Å². The fourth-order valence-corrected chi connectivity index (χ4v) is 4.71. The summed E-state index contributed by atoms with van der Waals surface area (Å²) in [7, 11) is -0.723. The number of fused-ring (bicyclic) bond motifs is 1. The third-order valence-electron chi connectivity index (χ3n) is 5.25. The maximum Gasteiger partial charge on any atom is 0.242 e. The molecular weight excluding hydrogens is 404 g/mol. The summed E-state index contributed by atoms with van der Waals surface area (Å²) in [5.74, 6) is -0.829. The van der Waals surface area contributed by atoms with Gasteiger partial charge in [-0.3, -0.25) is 14.5 Å². The van der Waals surface area contributed by atoms with E-state index in [1.165, 1.54) is 20.2 Å². The molecule has 1 aliphatic heterocycles. The van der Waals surface area contributed by atoms with Crippen LogP contribution in [0, 0.1) is 6.92 Å². The number of amides is 2. The van der Waals surface area contributed by atoms with Crippen LogP contribution in [0.1, 0.15) is 16.7 Å². The predicted octanol–water partition coefficient (Wildman–Crippen LogP) is 1.10. The highest BCUT2D eigenvalue weighted by molar-refractivity contribution is 7.89. The van der Waals surface area contributed by atoms with Crippen LogP contribution in [0.25, 0.3) is 0 Å². The molecule has 160 valence electrons. The van der Waals surface area contributed by atoms with Gasteiger partial charge in [0.25, 0.3) is 0 Å². The maximum atomic E-state index is 12.7. The number of carbonyl (C=O) groups is 2. The molecule has 1 heterocycles. The lowest BCUT2D eigenvalue weighted by molar-refractivity contribution is -0.125. The van der Waals surface area contributed by atoms with Crippen molar-refractivity contribution in [3.8, 4) is 0 Å². The predicted molar refractivity (Wildman–Crippen MR) is 114 cm³/mol. The molecule has 0 saturated carbocycles. The Morgan fingerprint density at radius 2 is 1.83 bits per heavy atom. The zero-order valence-electron chi connectivity index (χ0n) is 17.3. The van der Waals surface area contributed by atoms with Gasteiger partial charge in [-0.1, -0.05) is 30.3 Å². The highest BCUT2D eigenvalue weighted by atomic mass is 32.2. The minimum atomic E-state index is -3.64. The number of aryl methyl sites for hydroxylation is 1. The first-order chi connectivity index (χ1) is 14.1. The van der Waals surface area contributed by atoms with E-state index in [-0.39, 0.29) is 17.3 Å². The van der Waals surface area contributed by atoms with Crippen LogP contribution in [0.5, 0.6) is 0 Å². The van der Waals surface area contributed by atoms with Crippen molar-refractivity contribution in [2.75, 3.05) is 26.0 Å². The number of hydrogen-bond donors (Lipinski definition) is 2. The molecule has 2 aromatic rings. The van der Waals surface area contributed by atoms with Gasteiger partial charge < -0.3 is 11.1 Å². The molecule has 2 amide bonds. The first-order valence-electron chi connectivity index (χ1n) is 9.53. The Labute approximate surface area is 176 Å². The molecule has 0 spiro atoms. The molecule has 9 heteroatoms. The van der Waals surface area contributed by atoms with E-state index in [1.54, 1.807) is 24.0 Å². The number of primary amides is 1. The number of nitrogens with one attached hydrogen (secondary N) is 1. The standard InChI is InChI=1S/C21H26N4O4S/c1-14-8-9-17(11-19(14)30(28,29)24(2)3)23-20(26)13-25-12-16-7-5-4-6-15(16)10-18(25)21(22)27/h4-9,11,18H,10,12-13H2,1-3H3,(H2,22,27)(H,23,26). The van der Waals surface area contributed by atoms with Gasteiger partial charge in [0.2, 0.25) is 21.8 Å². The molecule has 3 rings (SSSR count). The molecule has 0 fully saturated rings. The number of rotatable bonds is 6. The van der Waals surface area contributed by atoms with Gasteiger partial charge in [-0.15, -0.1) is 0 Å². The lowest BCUT2D eigenvalue weighted by atomic mass is 9.93. The van der Waals surface area contributed by atoms with E-state index in [4.69, 9.17) is 5.73 Å². The Kier molecular flexibility index (Phi) is 6.25. The minimum Gasteiger partial charge on any atom is -0.368 e. The Hall–Kier alpha value is -2.75. The van der Waals surface area contributed by atoms with Gasteiger partial charge in [-0.05, 0) is 42.2 Å². The monoisotopic (exact) mass is 430 g/mol. The van der Waals surface area contributed by atoms with Crippen LogP contribution in [-0.2, 0) is 32.6 Å². The smallest absolute Gasteiger partial charge is 0.242 e. The van der Waals surface area contributed by atoms with Gasteiger partial charge in [0.15, 0.2) is 0 Å². The van der Waals surface area contributed by atoms with Crippen LogP contribution in [0.4, 0.5) is 5.69 Å². The Balaban J connectivity index is 1.78.